The Bertz CT molecular complexity index is 645. The molecule has 6 nitrogen and oxygen atoms in total. The second-order valence-electron chi connectivity index (χ2n) is 5.81. The van der Waals surface area contributed by atoms with Crippen molar-refractivity contribution in [2.75, 3.05) is 30.3 Å². The summed E-state index contributed by atoms with van der Waals surface area (Å²) in [5.74, 6) is 1.49. The number of carbonyl (C=O) groups is 1. The molecule has 2 N–H and O–H groups in total. The van der Waals surface area contributed by atoms with Gasteiger partial charge in [-0.25, -0.2) is 9.97 Å². The lowest BCUT2D eigenvalue weighted by atomic mass is 10.1. The van der Waals surface area contributed by atoms with Crippen LogP contribution < -0.4 is 10.6 Å². The summed E-state index contributed by atoms with van der Waals surface area (Å²) in [6.45, 7) is 5.44. The topological polar surface area (TPSA) is 70.2 Å². The molecule has 1 fully saturated rings. The van der Waals surface area contributed by atoms with Crippen LogP contribution in [0.1, 0.15) is 19.0 Å². The molecule has 0 bridgehead atoms. The lowest BCUT2D eigenvalue weighted by Gasteiger charge is -2.15. The predicted molar refractivity (Wildman–Crippen MR) is 92.5 cm³/mol. The molecule has 3 heterocycles. The molecule has 0 aliphatic carbocycles. The molecule has 1 amide bonds. The number of likely N-dealkylation sites (tertiary alicyclic amines) is 1. The average molecular weight is 331 g/mol. The van der Waals surface area contributed by atoms with Crippen LogP contribution in [0.4, 0.5) is 10.9 Å². The summed E-state index contributed by atoms with van der Waals surface area (Å²) in [7, 11) is 0. The SMILES string of the molecule is CC(=O)Nc1nc(CN2CC[C@@H](CNc3ccccn3)C2)cs1. The van der Waals surface area contributed by atoms with Crippen molar-refractivity contribution in [3.05, 3.63) is 35.5 Å². The first kappa shape index (κ1) is 15.9. The van der Waals surface area contributed by atoms with Crippen molar-refractivity contribution in [1.29, 1.82) is 0 Å². The van der Waals surface area contributed by atoms with E-state index in [0.717, 1.165) is 37.7 Å². The van der Waals surface area contributed by atoms with Crippen LogP contribution in [0.3, 0.4) is 0 Å². The van der Waals surface area contributed by atoms with Gasteiger partial charge >= 0.3 is 0 Å². The molecule has 1 saturated heterocycles. The normalized spacial score (nSPS) is 18.0. The maximum atomic E-state index is 11.0. The molecule has 7 heteroatoms. The molecule has 1 aliphatic heterocycles. The molecule has 0 radical (unpaired) electrons. The molecule has 1 atom stereocenters. The van der Waals surface area contributed by atoms with Gasteiger partial charge in [0.05, 0.1) is 5.69 Å². The van der Waals surface area contributed by atoms with Gasteiger partial charge in [-0.05, 0) is 31.0 Å². The van der Waals surface area contributed by atoms with Gasteiger partial charge in [0, 0.05) is 38.1 Å². The number of nitrogens with zero attached hydrogens (tertiary/aromatic N) is 3. The fraction of sp³-hybridized carbons (Fsp3) is 0.438. The Kier molecular flexibility index (Phi) is 5.19. The van der Waals surface area contributed by atoms with Crippen LogP contribution in [-0.4, -0.2) is 40.4 Å². The number of hydrogen-bond donors (Lipinski definition) is 2. The van der Waals surface area contributed by atoms with Gasteiger partial charge in [0.15, 0.2) is 5.13 Å². The maximum absolute atomic E-state index is 11.0. The standard InChI is InChI=1S/C16H21N5OS/c1-12(22)19-16-20-14(11-23-16)10-21-7-5-13(9-21)8-18-15-4-2-3-6-17-15/h2-4,6,11,13H,5,7-10H2,1H3,(H,17,18)(H,19,20,22)/t13-/m0/s1. The number of anilines is 2. The maximum Gasteiger partial charge on any atom is 0.223 e. The van der Waals surface area contributed by atoms with Crippen molar-refractivity contribution < 1.29 is 4.79 Å². The van der Waals surface area contributed by atoms with Crippen LogP contribution in [0.2, 0.25) is 0 Å². The number of thiazole rings is 1. The second kappa shape index (κ2) is 7.52. The lowest BCUT2D eigenvalue weighted by molar-refractivity contribution is -0.114. The summed E-state index contributed by atoms with van der Waals surface area (Å²) in [5.41, 5.74) is 1.03. The Balaban J connectivity index is 1.44. The third-order valence-electron chi connectivity index (χ3n) is 3.83. The van der Waals surface area contributed by atoms with Gasteiger partial charge in [-0.3, -0.25) is 9.69 Å². The Morgan fingerprint density at radius 3 is 3.17 bits per heavy atom. The van der Waals surface area contributed by atoms with Gasteiger partial charge in [-0.2, -0.15) is 0 Å². The van der Waals surface area contributed by atoms with Crippen LogP contribution in [0, 0.1) is 5.92 Å². The minimum Gasteiger partial charge on any atom is -0.370 e. The first-order chi connectivity index (χ1) is 11.2. The number of hydrogen-bond acceptors (Lipinski definition) is 6. The van der Waals surface area contributed by atoms with Crippen LogP contribution >= 0.6 is 11.3 Å². The van der Waals surface area contributed by atoms with Gasteiger partial charge in [0.1, 0.15) is 5.82 Å². The fourth-order valence-electron chi connectivity index (χ4n) is 2.76. The van der Waals surface area contributed by atoms with Crippen molar-refractivity contribution in [3.8, 4) is 0 Å². The van der Waals surface area contributed by atoms with E-state index in [-0.39, 0.29) is 5.91 Å². The largest absolute Gasteiger partial charge is 0.370 e. The molecular formula is C16H21N5OS. The summed E-state index contributed by atoms with van der Waals surface area (Å²) in [6, 6.07) is 5.91. The molecule has 0 saturated carbocycles. The van der Waals surface area contributed by atoms with E-state index in [0.29, 0.717) is 11.0 Å². The minimum atomic E-state index is -0.0762. The number of amides is 1. The zero-order valence-corrected chi connectivity index (χ0v) is 14.0. The molecule has 2 aromatic heterocycles. The molecule has 1 aliphatic rings. The summed E-state index contributed by atoms with van der Waals surface area (Å²) in [6.07, 6.45) is 2.99. The Morgan fingerprint density at radius 1 is 1.48 bits per heavy atom. The first-order valence-electron chi connectivity index (χ1n) is 7.78. The van der Waals surface area contributed by atoms with Crippen LogP contribution in [0.5, 0.6) is 0 Å². The Hall–Kier alpha value is -1.99. The smallest absolute Gasteiger partial charge is 0.223 e. The summed E-state index contributed by atoms with van der Waals surface area (Å²) in [4.78, 5) is 22.2. The first-order valence-corrected chi connectivity index (χ1v) is 8.66. The highest BCUT2D eigenvalue weighted by Gasteiger charge is 2.23. The van der Waals surface area contributed by atoms with E-state index >= 15 is 0 Å². The van der Waals surface area contributed by atoms with Gasteiger partial charge in [-0.1, -0.05) is 6.07 Å². The molecule has 0 unspecified atom stereocenters. The van der Waals surface area contributed by atoms with E-state index in [4.69, 9.17) is 0 Å². The number of rotatable bonds is 6. The van der Waals surface area contributed by atoms with Crippen molar-refractivity contribution >= 4 is 28.2 Å². The number of pyridine rings is 1. The van der Waals surface area contributed by atoms with Crippen molar-refractivity contribution in [2.24, 2.45) is 5.92 Å². The summed E-state index contributed by atoms with van der Waals surface area (Å²) in [5, 5.41) is 8.83. The lowest BCUT2D eigenvalue weighted by Crippen LogP contribution is -2.23. The van der Waals surface area contributed by atoms with E-state index in [1.165, 1.54) is 24.7 Å². The fourth-order valence-corrected chi connectivity index (χ4v) is 3.50. The highest BCUT2D eigenvalue weighted by Crippen LogP contribution is 2.21. The summed E-state index contributed by atoms with van der Waals surface area (Å²) >= 11 is 1.48. The Morgan fingerprint density at radius 2 is 2.39 bits per heavy atom. The van der Waals surface area contributed by atoms with Gasteiger partial charge in [-0.15, -0.1) is 11.3 Å². The van der Waals surface area contributed by atoms with E-state index in [2.05, 4.69) is 25.5 Å². The van der Waals surface area contributed by atoms with Crippen molar-refractivity contribution in [1.82, 2.24) is 14.9 Å². The second-order valence-corrected chi connectivity index (χ2v) is 6.67. The van der Waals surface area contributed by atoms with E-state index in [9.17, 15) is 4.79 Å². The van der Waals surface area contributed by atoms with E-state index < -0.39 is 0 Å². The van der Waals surface area contributed by atoms with Gasteiger partial charge in [0.2, 0.25) is 5.91 Å². The predicted octanol–water partition coefficient (Wildman–Crippen LogP) is 2.43. The molecule has 2 aromatic rings. The number of carbonyl (C=O) groups excluding carboxylic acids is 1. The molecule has 3 rings (SSSR count). The molecule has 0 spiro atoms. The highest BCUT2D eigenvalue weighted by atomic mass is 32.1. The zero-order chi connectivity index (χ0) is 16.1. The Labute approximate surface area is 140 Å². The van der Waals surface area contributed by atoms with Crippen LogP contribution in [0.25, 0.3) is 0 Å². The average Bonchev–Trinajstić information content (AvgIpc) is 3.16. The molecule has 0 aromatic carbocycles. The molecule has 23 heavy (non-hydrogen) atoms. The number of aromatic nitrogens is 2. The highest BCUT2D eigenvalue weighted by molar-refractivity contribution is 7.13. The van der Waals surface area contributed by atoms with Gasteiger partial charge in [0.25, 0.3) is 0 Å². The third-order valence-corrected chi connectivity index (χ3v) is 4.63. The van der Waals surface area contributed by atoms with Gasteiger partial charge < -0.3 is 10.6 Å². The summed E-state index contributed by atoms with van der Waals surface area (Å²) < 4.78 is 0. The molecular weight excluding hydrogens is 310 g/mol. The van der Waals surface area contributed by atoms with Crippen LogP contribution in [0.15, 0.2) is 29.8 Å². The minimum absolute atomic E-state index is 0.0762. The molecule has 122 valence electrons. The van der Waals surface area contributed by atoms with Crippen molar-refractivity contribution in [3.63, 3.8) is 0 Å². The monoisotopic (exact) mass is 331 g/mol. The van der Waals surface area contributed by atoms with E-state index in [1.807, 2.05) is 23.6 Å². The van der Waals surface area contributed by atoms with Crippen LogP contribution in [-0.2, 0) is 11.3 Å². The van der Waals surface area contributed by atoms with Crippen molar-refractivity contribution in [2.45, 2.75) is 19.9 Å². The third kappa shape index (κ3) is 4.74. The quantitative estimate of drug-likeness (QED) is 0.851. The zero-order valence-electron chi connectivity index (χ0n) is 13.2. The van der Waals surface area contributed by atoms with E-state index in [1.54, 1.807) is 6.20 Å². The number of nitrogens with one attached hydrogen (secondary N) is 2.